The smallest absolute Gasteiger partial charge is 0.0443 e. The van der Waals surface area contributed by atoms with Crippen molar-refractivity contribution >= 4 is 0 Å². The van der Waals surface area contributed by atoms with Crippen LogP contribution in [0.3, 0.4) is 0 Å². The summed E-state index contributed by atoms with van der Waals surface area (Å²) in [6, 6.07) is 0. The molecule has 0 bridgehead atoms. The number of hydrogen-bond acceptors (Lipinski definition) is 2. The molecule has 0 radical (unpaired) electrons. The molecule has 0 rings (SSSR count). The van der Waals surface area contributed by atoms with Gasteiger partial charge in [0, 0.05) is 6.61 Å². The fourth-order valence-electron chi connectivity index (χ4n) is 0.256. The standard InChI is InChI=1S/C4H11NO.C2H6/c1-5-3-2-4-6;1-2/h5-6H,2-4H2,1H3;1-2H3. The molecule has 2 N–H and O–H groups in total. The topological polar surface area (TPSA) is 32.3 Å². The molecule has 0 heterocycles. The summed E-state index contributed by atoms with van der Waals surface area (Å²) < 4.78 is 0. The minimum absolute atomic E-state index is 0.292. The molecule has 0 aliphatic carbocycles. The zero-order valence-electron chi connectivity index (χ0n) is 6.07. The van der Waals surface area contributed by atoms with Gasteiger partial charge in [0.1, 0.15) is 0 Å². The average molecular weight is 119 g/mol. The van der Waals surface area contributed by atoms with Gasteiger partial charge in [-0.05, 0) is 20.0 Å². The van der Waals surface area contributed by atoms with E-state index in [0.29, 0.717) is 6.61 Å². The van der Waals surface area contributed by atoms with Crippen LogP contribution in [0.1, 0.15) is 20.3 Å². The maximum absolute atomic E-state index is 8.16. The molecule has 52 valence electrons. The molecule has 0 aromatic carbocycles. The highest BCUT2D eigenvalue weighted by molar-refractivity contribution is 4.34. The first kappa shape index (κ1) is 10.8. The van der Waals surface area contributed by atoms with E-state index in [1.807, 2.05) is 20.9 Å². The molecule has 0 fully saturated rings. The van der Waals surface area contributed by atoms with E-state index in [4.69, 9.17) is 5.11 Å². The second kappa shape index (κ2) is 15.8. The van der Waals surface area contributed by atoms with E-state index in [2.05, 4.69) is 5.32 Å². The Morgan fingerprint density at radius 3 is 2.00 bits per heavy atom. The Hall–Kier alpha value is -0.0800. The maximum Gasteiger partial charge on any atom is 0.0443 e. The van der Waals surface area contributed by atoms with E-state index >= 15 is 0 Å². The summed E-state index contributed by atoms with van der Waals surface area (Å²) in [7, 11) is 1.87. The summed E-state index contributed by atoms with van der Waals surface area (Å²) >= 11 is 0. The van der Waals surface area contributed by atoms with Gasteiger partial charge < -0.3 is 10.4 Å². The van der Waals surface area contributed by atoms with Crippen molar-refractivity contribution in [1.82, 2.24) is 5.32 Å². The van der Waals surface area contributed by atoms with E-state index in [1.54, 1.807) is 0 Å². The fraction of sp³-hybridized carbons (Fsp3) is 1.00. The molecular formula is C6H17NO. The first-order valence-corrected chi connectivity index (χ1v) is 3.17. The zero-order valence-corrected chi connectivity index (χ0v) is 6.07. The Morgan fingerprint density at radius 2 is 1.88 bits per heavy atom. The minimum Gasteiger partial charge on any atom is -0.396 e. The van der Waals surface area contributed by atoms with Gasteiger partial charge in [0.2, 0.25) is 0 Å². The lowest BCUT2D eigenvalue weighted by Gasteiger charge is -1.89. The van der Waals surface area contributed by atoms with Gasteiger partial charge in [0.15, 0.2) is 0 Å². The third-order valence-electron chi connectivity index (χ3n) is 0.585. The van der Waals surface area contributed by atoms with Crippen molar-refractivity contribution in [2.45, 2.75) is 20.3 Å². The Kier molecular flexibility index (Phi) is 21.3. The predicted molar refractivity (Wildman–Crippen MR) is 37.0 cm³/mol. The van der Waals surface area contributed by atoms with Gasteiger partial charge in [0.05, 0.1) is 0 Å². The molecule has 0 saturated heterocycles. The summed E-state index contributed by atoms with van der Waals surface area (Å²) in [6.07, 6.45) is 0.858. The Bertz CT molecular complexity index is 20.5. The molecule has 0 saturated carbocycles. The van der Waals surface area contributed by atoms with Gasteiger partial charge in [-0.1, -0.05) is 13.8 Å². The summed E-state index contributed by atoms with van der Waals surface area (Å²) in [5.41, 5.74) is 0. The second-order valence-corrected chi connectivity index (χ2v) is 1.18. The van der Waals surface area contributed by atoms with Crippen LogP contribution in [0.15, 0.2) is 0 Å². The molecule has 0 aromatic heterocycles. The van der Waals surface area contributed by atoms with Crippen molar-refractivity contribution in [3.63, 3.8) is 0 Å². The zero-order chi connectivity index (χ0) is 6.83. The van der Waals surface area contributed by atoms with E-state index in [0.717, 1.165) is 13.0 Å². The summed E-state index contributed by atoms with van der Waals surface area (Å²) in [5.74, 6) is 0. The summed E-state index contributed by atoms with van der Waals surface area (Å²) in [4.78, 5) is 0. The fourth-order valence-corrected chi connectivity index (χ4v) is 0.256. The number of aliphatic hydroxyl groups excluding tert-OH is 1. The molecule has 0 aromatic rings. The molecule has 2 nitrogen and oxygen atoms in total. The van der Waals surface area contributed by atoms with Crippen molar-refractivity contribution in [3.8, 4) is 0 Å². The van der Waals surface area contributed by atoms with Crippen LogP contribution >= 0.6 is 0 Å². The van der Waals surface area contributed by atoms with Crippen LogP contribution < -0.4 is 5.32 Å². The van der Waals surface area contributed by atoms with Gasteiger partial charge in [-0.15, -0.1) is 0 Å². The highest BCUT2D eigenvalue weighted by Crippen LogP contribution is 1.66. The largest absolute Gasteiger partial charge is 0.396 e. The number of rotatable bonds is 3. The van der Waals surface area contributed by atoms with Crippen LogP contribution in [0.2, 0.25) is 0 Å². The number of aliphatic hydroxyl groups is 1. The number of hydrogen-bond donors (Lipinski definition) is 2. The molecule has 0 atom stereocenters. The first-order chi connectivity index (χ1) is 3.91. The SMILES string of the molecule is CC.CNCCCO. The van der Waals surface area contributed by atoms with E-state index in [-0.39, 0.29) is 0 Å². The van der Waals surface area contributed by atoms with Gasteiger partial charge in [-0.25, -0.2) is 0 Å². The Labute approximate surface area is 51.9 Å². The summed E-state index contributed by atoms with van der Waals surface area (Å²) in [5, 5.41) is 11.1. The van der Waals surface area contributed by atoms with Crippen molar-refractivity contribution in [2.75, 3.05) is 20.2 Å². The van der Waals surface area contributed by atoms with Crippen LogP contribution in [0.4, 0.5) is 0 Å². The quantitative estimate of drug-likeness (QED) is 0.534. The van der Waals surface area contributed by atoms with E-state index in [1.165, 1.54) is 0 Å². The third kappa shape index (κ3) is 16.8. The lowest BCUT2D eigenvalue weighted by molar-refractivity contribution is 0.287. The molecule has 0 aliphatic rings. The van der Waals surface area contributed by atoms with Crippen LogP contribution in [0.5, 0.6) is 0 Å². The van der Waals surface area contributed by atoms with Gasteiger partial charge in [-0.2, -0.15) is 0 Å². The van der Waals surface area contributed by atoms with Gasteiger partial charge >= 0.3 is 0 Å². The van der Waals surface area contributed by atoms with Gasteiger partial charge in [-0.3, -0.25) is 0 Å². The molecule has 0 aliphatic heterocycles. The highest BCUT2D eigenvalue weighted by atomic mass is 16.3. The first-order valence-electron chi connectivity index (χ1n) is 3.17. The van der Waals surface area contributed by atoms with Crippen molar-refractivity contribution in [2.24, 2.45) is 0 Å². The van der Waals surface area contributed by atoms with Crippen molar-refractivity contribution in [3.05, 3.63) is 0 Å². The lowest BCUT2D eigenvalue weighted by Crippen LogP contribution is -2.08. The maximum atomic E-state index is 8.16. The Morgan fingerprint density at radius 1 is 1.38 bits per heavy atom. The van der Waals surface area contributed by atoms with Crippen LogP contribution in [0, 0.1) is 0 Å². The molecule has 0 spiro atoms. The van der Waals surface area contributed by atoms with Gasteiger partial charge in [0.25, 0.3) is 0 Å². The molecule has 0 unspecified atom stereocenters. The third-order valence-corrected chi connectivity index (χ3v) is 0.585. The highest BCUT2D eigenvalue weighted by Gasteiger charge is 1.74. The summed E-state index contributed by atoms with van der Waals surface area (Å²) in [6.45, 7) is 5.21. The monoisotopic (exact) mass is 119 g/mol. The lowest BCUT2D eigenvalue weighted by atomic mass is 10.5. The minimum atomic E-state index is 0.292. The number of nitrogens with one attached hydrogen (secondary N) is 1. The van der Waals surface area contributed by atoms with Crippen molar-refractivity contribution in [1.29, 1.82) is 0 Å². The molecular weight excluding hydrogens is 102 g/mol. The predicted octanol–water partition coefficient (Wildman–Crippen LogP) is 0.614. The molecule has 2 heteroatoms. The van der Waals surface area contributed by atoms with E-state index in [9.17, 15) is 0 Å². The molecule has 0 amide bonds. The second-order valence-electron chi connectivity index (χ2n) is 1.18. The van der Waals surface area contributed by atoms with Crippen LogP contribution in [-0.2, 0) is 0 Å². The van der Waals surface area contributed by atoms with Crippen LogP contribution in [0.25, 0.3) is 0 Å². The van der Waals surface area contributed by atoms with Crippen LogP contribution in [-0.4, -0.2) is 25.3 Å². The Balaban J connectivity index is 0. The molecule has 8 heavy (non-hydrogen) atoms. The van der Waals surface area contributed by atoms with Crippen molar-refractivity contribution < 1.29 is 5.11 Å². The van der Waals surface area contributed by atoms with E-state index < -0.39 is 0 Å². The normalized spacial score (nSPS) is 7.50. The average Bonchev–Trinajstić information content (AvgIpc) is 1.88.